The van der Waals surface area contributed by atoms with E-state index in [2.05, 4.69) is 5.32 Å². The number of hydrogen-bond donors (Lipinski definition) is 1. The molecule has 0 radical (unpaired) electrons. The summed E-state index contributed by atoms with van der Waals surface area (Å²) in [6, 6.07) is 6.02. The van der Waals surface area contributed by atoms with Crippen LogP contribution >= 0.6 is 0 Å². The lowest BCUT2D eigenvalue weighted by Gasteiger charge is -2.38. The largest absolute Gasteiger partial charge is 0.468 e. The summed E-state index contributed by atoms with van der Waals surface area (Å²) < 4.78 is 25.1. The Morgan fingerprint density at radius 1 is 1.23 bits per heavy atom. The van der Waals surface area contributed by atoms with E-state index >= 15 is 0 Å². The first kappa shape index (κ1) is 21.7. The Labute approximate surface area is 175 Å². The molecule has 1 aliphatic carbocycles. The average molecular weight is 415 g/mol. The van der Waals surface area contributed by atoms with Crippen LogP contribution in [-0.4, -0.2) is 30.9 Å². The Balaban J connectivity index is 2.21. The zero-order chi connectivity index (χ0) is 22.2. The van der Waals surface area contributed by atoms with Crippen molar-refractivity contribution in [3.63, 3.8) is 0 Å². The van der Waals surface area contributed by atoms with Crippen molar-refractivity contribution in [1.29, 1.82) is 0 Å². The van der Waals surface area contributed by atoms with E-state index in [1.807, 2.05) is 0 Å². The van der Waals surface area contributed by atoms with Gasteiger partial charge in [-0.1, -0.05) is 25.1 Å². The van der Waals surface area contributed by atoms with Crippen LogP contribution in [-0.2, 0) is 23.9 Å². The number of nitrogens with one attached hydrogen (secondary N) is 1. The summed E-state index contributed by atoms with van der Waals surface area (Å²) in [4.78, 5) is 38.8. The van der Waals surface area contributed by atoms with Crippen LogP contribution in [0.1, 0.15) is 45.6 Å². The summed E-state index contributed by atoms with van der Waals surface area (Å²) in [6.07, 6.45) is 0.00896. The predicted octanol–water partition coefficient (Wildman–Crippen LogP) is 3.39. The number of halogens is 1. The van der Waals surface area contributed by atoms with E-state index in [1.165, 1.54) is 13.2 Å². The molecule has 160 valence electrons. The zero-order valence-corrected chi connectivity index (χ0v) is 17.7. The maximum Gasteiger partial charge on any atom is 0.337 e. The summed E-state index contributed by atoms with van der Waals surface area (Å²) in [6.45, 7) is 6.93. The Bertz CT molecular complexity index is 962. The molecule has 1 aliphatic heterocycles. The molecule has 1 aromatic rings. The zero-order valence-electron chi connectivity index (χ0n) is 17.7. The van der Waals surface area contributed by atoms with E-state index in [1.54, 1.807) is 45.9 Å². The van der Waals surface area contributed by atoms with Crippen LogP contribution in [0.5, 0.6) is 0 Å². The molecule has 0 saturated heterocycles. The molecule has 7 heteroatoms. The normalized spacial score (nSPS) is 23.8. The molecule has 3 atom stereocenters. The van der Waals surface area contributed by atoms with Gasteiger partial charge in [-0.2, -0.15) is 0 Å². The summed E-state index contributed by atoms with van der Waals surface area (Å²) in [5.74, 6) is -4.54. The number of methoxy groups -OCH3 is 1. The van der Waals surface area contributed by atoms with Crippen molar-refractivity contribution in [3.8, 4) is 0 Å². The van der Waals surface area contributed by atoms with Crippen LogP contribution in [0.15, 0.2) is 46.8 Å². The van der Waals surface area contributed by atoms with Crippen LogP contribution in [0.25, 0.3) is 0 Å². The van der Waals surface area contributed by atoms with Crippen LogP contribution in [0.2, 0.25) is 0 Å². The minimum Gasteiger partial charge on any atom is -0.468 e. The number of allylic oxidation sites excluding steroid dienone is 3. The lowest BCUT2D eigenvalue weighted by molar-refractivity contribution is -0.151. The van der Waals surface area contributed by atoms with E-state index in [-0.39, 0.29) is 28.7 Å². The Kier molecular flexibility index (Phi) is 6.10. The van der Waals surface area contributed by atoms with Gasteiger partial charge in [0.05, 0.1) is 24.7 Å². The van der Waals surface area contributed by atoms with Gasteiger partial charge in [0.25, 0.3) is 0 Å². The number of benzene rings is 1. The van der Waals surface area contributed by atoms with Crippen molar-refractivity contribution < 1.29 is 28.2 Å². The molecule has 6 nitrogen and oxygen atoms in total. The van der Waals surface area contributed by atoms with Crippen molar-refractivity contribution in [1.82, 2.24) is 5.32 Å². The fourth-order valence-corrected chi connectivity index (χ4v) is 4.25. The highest BCUT2D eigenvalue weighted by atomic mass is 19.1. The van der Waals surface area contributed by atoms with Gasteiger partial charge in [0.2, 0.25) is 0 Å². The van der Waals surface area contributed by atoms with Crippen LogP contribution in [0.4, 0.5) is 4.39 Å². The first-order valence-corrected chi connectivity index (χ1v) is 9.95. The fourth-order valence-electron chi connectivity index (χ4n) is 4.25. The molecular formula is C23H26FNO5. The van der Waals surface area contributed by atoms with Crippen molar-refractivity contribution in [2.75, 3.05) is 7.11 Å². The maximum absolute atomic E-state index is 14.9. The third-order valence-corrected chi connectivity index (χ3v) is 5.52. The molecule has 0 fully saturated rings. The molecular weight excluding hydrogens is 389 g/mol. The number of ketones is 1. The maximum atomic E-state index is 14.9. The second-order valence-corrected chi connectivity index (χ2v) is 8.01. The minimum absolute atomic E-state index is 0.166. The number of carbonyl (C=O) groups is 3. The highest BCUT2D eigenvalue weighted by Crippen LogP contribution is 2.46. The van der Waals surface area contributed by atoms with Gasteiger partial charge in [-0.25, -0.2) is 9.18 Å². The number of dihydropyridines is 1. The van der Waals surface area contributed by atoms with Gasteiger partial charge in [-0.15, -0.1) is 0 Å². The van der Waals surface area contributed by atoms with Crippen molar-refractivity contribution in [3.05, 3.63) is 58.2 Å². The number of carbonyl (C=O) groups excluding carboxylic acids is 3. The number of Topliss-reactive ketones (excluding diaryl/α,β-unsaturated/α-hetero) is 1. The molecule has 1 heterocycles. The molecule has 1 N–H and O–H groups in total. The summed E-state index contributed by atoms with van der Waals surface area (Å²) >= 11 is 0. The molecule has 3 rings (SSSR count). The second kappa shape index (κ2) is 8.42. The van der Waals surface area contributed by atoms with Gasteiger partial charge in [0.1, 0.15) is 11.7 Å². The quantitative estimate of drug-likeness (QED) is 0.600. The van der Waals surface area contributed by atoms with Gasteiger partial charge in [-0.3, -0.25) is 9.59 Å². The first-order chi connectivity index (χ1) is 14.2. The molecule has 0 amide bonds. The lowest BCUT2D eigenvalue weighted by Crippen LogP contribution is -2.43. The third kappa shape index (κ3) is 3.76. The summed E-state index contributed by atoms with van der Waals surface area (Å²) in [5, 5.41) is 3.14. The molecule has 1 aromatic carbocycles. The van der Waals surface area contributed by atoms with Crippen molar-refractivity contribution in [2.45, 2.75) is 46.1 Å². The van der Waals surface area contributed by atoms with Crippen LogP contribution < -0.4 is 5.32 Å². The van der Waals surface area contributed by atoms with Crippen molar-refractivity contribution in [2.24, 2.45) is 11.8 Å². The Morgan fingerprint density at radius 2 is 1.90 bits per heavy atom. The van der Waals surface area contributed by atoms with Gasteiger partial charge in [0.15, 0.2) is 5.78 Å². The number of esters is 2. The number of rotatable bonds is 4. The van der Waals surface area contributed by atoms with E-state index < -0.39 is 35.4 Å². The summed E-state index contributed by atoms with van der Waals surface area (Å²) in [5.41, 5.74) is 1.67. The van der Waals surface area contributed by atoms with Crippen LogP contribution in [0, 0.1) is 17.7 Å². The molecule has 0 aromatic heterocycles. The van der Waals surface area contributed by atoms with E-state index in [4.69, 9.17) is 9.47 Å². The fraction of sp³-hybridized carbons (Fsp3) is 0.435. The van der Waals surface area contributed by atoms with Crippen LogP contribution in [0.3, 0.4) is 0 Å². The lowest BCUT2D eigenvalue weighted by atomic mass is 9.69. The second-order valence-electron chi connectivity index (χ2n) is 8.01. The molecule has 2 aliphatic rings. The monoisotopic (exact) mass is 415 g/mol. The highest BCUT2D eigenvalue weighted by Gasteiger charge is 2.47. The number of ether oxygens (including phenoxy) is 2. The molecule has 0 bridgehead atoms. The smallest absolute Gasteiger partial charge is 0.337 e. The van der Waals surface area contributed by atoms with E-state index in [9.17, 15) is 18.8 Å². The van der Waals surface area contributed by atoms with Gasteiger partial charge in [0, 0.05) is 22.5 Å². The van der Waals surface area contributed by atoms with Gasteiger partial charge in [-0.05, 0) is 39.2 Å². The SMILES string of the molecule is COC(=O)[C@H]1C(=O)C2=C(C[C@@H]1C)NC(C)=C(C(=O)OC(C)C)[C@@H]2c1ccccc1F. The standard InChI is InChI=1S/C23H26FNO5/c1-11(2)30-23(28)18-13(4)25-16-10-12(3)17(22(27)29-5)21(26)20(16)19(18)14-8-6-7-9-15(14)24/h6-9,11-12,17,19,25H,10H2,1-5H3/t12-,17+,19-/m0/s1. The third-order valence-electron chi connectivity index (χ3n) is 5.52. The molecule has 0 spiro atoms. The first-order valence-electron chi connectivity index (χ1n) is 9.95. The number of hydrogen-bond acceptors (Lipinski definition) is 6. The highest BCUT2D eigenvalue weighted by molar-refractivity contribution is 6.12. The van der Waals surface area contributed by atoms with Gasteiger partial charge < -0.3 is 14.8 Å². The average Bonchev–Trinajstić information content (AvgIpc) is 2.66. The molecule has 30 heavy (non-hydrogen) atoms. The predicted molar refractivity (Wildman–Crippen MR) is 108 cm³/mol. The topological polar surface area (TPSA) is 81.7 Å². The van der Waals surface area contributed by atoms with E-state index in [0.29, 0.717) is 17.8 Å². The molecule has 0 unspecified atom stereocenters. The summed E-state index contributed by atoms with van der Waals surface area (Å²) in [7, 11) is 1.23. The minimum atomic E-state index is -1.01. The Morgan fingerprint density at radius 3 is 2.50 bits per heavy atom. The Hall–Kier alpha value is -2.96. The molecule has 0 saturated carbocycles. The van der Waals surface area contributed by atoms with Crippen molar-refractivity contribution >= 4 is 17.7 Å². The van der Waals surface area contributed by atoms with Gasteiger partial charge >= 0.3 is 11.9 Å². The van der Waals surface area contributed by atoms with E-state index in [0.717, 1.165) is 0 Å².